The summed E-state index contributed by atoms with van der Waals surface area (Å²) in [7, 11) is 1.70. The summed E-state index contributed by atoms with van der Waals surface area (Å²) in [6.45, 7) is 3.20. The van der Waals surface area contributed by atoms with Crippen LogP contribution in [-0.4, -0.2) is 61.0 Å². The lowest BCUT2D eigenvalue weighted by Crippen LogP contribution is -2.39. The lowest BCUT2D eigenvalue weighted by Gasteiger charge is -2.28. The van der Waals surface area contributed by atoms with Gasteiger partial charge in [-0.15, -0.1) is 0 Å². The fourth-order valence-corrected chi connectivity index (χ4v) is 4.49. The van der Waals surface area contributed by atoms with Gasteiger partial charge in [0.15, 0.2) is 0 Å². The molecule has 0 saturated carbocycles. The van der Waals surface area contributed by atoms with Gasteiger partial charge in [0.25, 0.3) is 0 Å². The number of aliphatic hydroxyl groups excluding tert-OH is 1. The molecule has 0 radical (unpaired) electrons. The molecule has 1 N–H and O–H groups in total. The van der Waals surface area contributed by atoms with E-state index >= 15 is 0 Å². The minimum Gasteiger partial charge on any atom is -0.497 e. The molecule has 1 saturated heterocycles. The fourth-order valence-electron chi connectivity index (χ4n) is 3.51. The molecule has 0 bridgehead atoms. The number of hydrogen-bond acceptors (Lipinski definition) is 5. The maximum absolute atomic E-state index is 10.3. The van der Waals surface area contributed by atoms with Gasteiger partial charge in [-0.2, -0.15) is 11.8 Å². The quantitative estimate of drug-likeness (QED) is 0.698. The van der Waals surface area contributed by atoms with Crippen molar-refractivity contribution in [1.82, 2.24) is 4.90 Å². The van der Waals surface area contributed by atoms with Gasteiger partial charge in [-0.3, -0.25) is 4.90 Å². The van der Waals surface area contributed by atoms with Gasteiger partial charge in [-0.05, 0) is 55.0 Å². The fraction of sp³-hybridized carbons (Fsp3) is 0.545. The molecule has 5 heteroatoms. The van der Waals surface area contributed by atoms with E-state index in [1.54, 1.807) is 7.11 Å². The van der Waals surface area contributed by atoms with Gasteiger partial charge < -0.3 is 14.6 Å². The largest absolute Gasteiger partial charge is 0.497 e. The summed E-state index contributed by atoms with van der Waals surface area (Å²) in [5, 5.41) is 10.3. The first-order valence-corrected chi connectivity index (χ1v) is 11.0. The van der Waals surface area contributed by atoms with Gasteiger partial charge >= 0.3 is 0 Å². The normalized spacial score (nSPS) is 19.2. The molecule has 1 aromatic rings. The highest BCUT2D eigenvalue weighted by Gasteiger charge is 2.17. The summed E-state index contributed by atoms with van der Waals surface area (Å²) < 4.78 is 11.3. The first-order valence-electron chi connectivity index (χ1n) is 9.88. The predicted molar refractivity (Wildman–Crippen MR) is 112 cm³/mol. The lowest BCUT2D eigenvalue weighted by molar-refractivity contribution is 0.0465. The Morgan fingerprint density at radius 1 is 1.15 bits per heavy atom. The number of thioether (sulfide) groups is 1. The van der Waals surface area contributed by atoms with E-state index in [2.05, 4.69) is 29.2 Å². The molecule has 1 aromatic carbocycles. The number of β-amino-alcohol motifs (C(OH)–C–C–N with tert-alkyl or cyclic N) is 1. The number of allylic oxidation sites excluding steroid dienone is 3. The third-order valence-electron chi connectivity index (χ3n) is 5.02. The van der Waals surface area contributed by atoms with Gasteiger partial charge in [-0.25, -0.2) is 0 Å². The lowest BCUT2D eigenvalue weighted by atomic mass is 9.98. The van der Waals surface area contributed by atoms with Crippen LogP contribution in [0.1, 0.15) is 24.8 Å². The molecule has 1 atom stereocenters. The number of methoxy groups -OCH3 is 1. The van der Waals surface area contributed by atoms with Crippen LogP contribution in [-0.2, 0) is 11.2 Å². The molecule has 1 heterocycles. The SMILES string of the molecule is COc1cccc(CCC2=CCCC=C2OCC(O)CN2CCSCC2)c1. The molecule has 0 aromatic heterocycles. The van der Waals surface area contributed by atoms with Crippen LogP contribution >= 0.6 is 11.8 Å². The first kappa shape index (κ1) is 20.3. The molecule has 3 rings (SSSR count). The third kappa shape index (κ3) is 6.59. The van der Waals surface area contributed by atoms with E-state index < -0.39 is 6.10 Å². The molecule has 2 aliphatic rings. The number of aryl methyl sites for hydroxylation is 1. The second kappa shape index (κ2) is 10.8. The minimum atomic E-state index is -0.435. The van der Waals surface area contributed by atoms with Gasteiger partial charge in [-0.1, -0.05) is 18.2 Å². The average Bonchev–Trinajstić information content (AvgIpc) is 2.72. The van der Waals surface area contributed by atoms with Crippen LogP contribution in [0.25, 0.3) is 0 Å². The number of ether oxygens (including phenoxy) is 2. The van der Waals surface area contributed by atoms with Crippen LogP contribution in [0.5, 0.6) is 5.75 Å². The zero-order chi connectivity index (χ0) is 18.9. The summed E-state index contributed by atoms with van der Waals surface area (Å²) >= 11 is 1.99. The van der Waals surface area contributed by atoms with E-state index in [1.807, 2.05) is 23.9 Å². The van der Waals surface area contributed by atoms with E-state index in [1.165, 1.54) is 11.1 Å². The summed E-state index contributed by atoms with van der Waals surface area (Å²) in [6, 6.07) is 8.23. The maximum Gasteiger partial charge on any atom is 0.119 e. The summed E-state index contributed by atoms with van der Waals surface area (Å²) in [4.78, 5) is 2.33. The Balaban J connectivity index is 1.47. The molecule has 1 unspecified atom stereocenters. The Labute approximate surface area is 167 Å². The molecule has 148 valence electrons. The Hall–Kier alpha value is -1.43. The van der Waals surface area contributed by atoms with E-state index in [4.69, 9.17) is 9.47 Å². The van der Waals surface area contributed by atoms with Crippen LogP contribution in [0, 0.1) is 0 Å². The van der Waals surface area contributed by atoms with Crippen LogP contribution in [0.2, 0.25) is 0 Å². The van der Waals surface area contributed by atoms with Crippen molar-refractivity contribution in [3.8, 4) is 5.75 Å². The molecular formula is C22H31NO3S. The first-order chi connectivity index (χ1) is 13.2. The van der Waals surface area contributed by atoms with E-state index in [-0.39, 0.29) is 0 Å². The van der Waals surface area contributed by atoms with Crippen molar-refractivity contribution in [2.75, 3.05) is 44.9 Å². The average molecular weight is 390 g/mol. The van der Waals surface area contributed by atoms with Crippen LogP contribution in [0.3, 0.4) is 0 Å². The highest BCUT2D eigenvalue weighted by molar-refractivity contribution is 7.99. The molecule has 1 aliphatic carbocycles. The van der Waals surface area contributed by atoms with Crippen LogP contribution in [0.4, 0.5) is 0 Å². The predicted octanol–water partition coefficient (Wildman–Crippen LogP) is 3.66. The molecule has 0 amide bonds. The molecule has 0 spiro atoms. The highest BCUT2D eigenvalue weighted by Crippen LogP contribution is 2.25. The van der Waals surface area contributed by atoms with Gasteiger partial charge in [0, 0.05) is 31.1 Å². The number of aliphatic hydroxyl groups is 1. The van der Waals surface area contributed by atoms with E-state index in [9.17, 15) is 5.11 Å². The highest BCUT2D eigenvalue weighted by atomic mass is 32.2. The zero-order valence-corrected chi connectivity index (χ0v) is 17.0. The molecule has 27 heavy (non-hydrogen) atoms. The van der Waals surface area contributed by atoms with Crippen molar-refractivity contribution in [3.63, 3.8) is 0 Å². The Morgan fingerprint density at radius 2 is 1.96 bits per heavy atom. The number of rotatable bonds is 9. The summed E-state index contributed by atoms with van der Waals surface area (Å²) in [5.74, 6) is 4.18. The van der Waals surface area contributed by atoms with Crippen molar-refractivity contribution in [3.05, 3.63) is 53.3 Å². The van der Waals surface area contributed by atoms with E-state index in [0.29, 0.717) is 13.2 Å². The van der Waals surface area contributed by atoms with Crippen molar-refractivity contribution in [1.29, 1.82) is 0 Å². The van der Waals surface area contributed by atoms with Crippen molar-refractivity contribution >= 4 is 11.8 Å². The minimum absolute atomic E-state index is 0.367. The molecule has 1 aliphatic heterocycles. The van der Waals surface area contributed by atoms with Gasteiger partial charge in [0.2, 0.25) is 0 Å². The summed E-state index contributed by atoms with van der Waals surface area (Å²) in [6.07, 6.45) is 7.99. The Bertz CT molecular complexity index is 653. The van der Waals surface area contributed by atoms with Gasteiger partial charge in [0.1, 0.15) is 24.2 Å². The number of nitrogens with zero attached hydrogens (tertiary/aromatic N) is 1. The zero-order valence-electron chi connectivity index (χ0n) is 16.2. The number of hydrogen-bond donors (Lipinski definition) is 1. The Kier molecular flexibility index (Phi) is 8.11. The number of benzene rings is 1. The maximum atomic E-state index is 10.3. The van der Waals surface area contributed by atoms with Crippen molar-refractivity contribution in [2.45, 2.75) is 31.8 Å². The van der Waals surface area contributed by atoms with Crippen molar-refractivity contribution in [2.24, 2.45) is 0 Å². The van der Waals surface area contributed by atoms with E-state index in [0.717, 1.165) is 61.8 Å². The smallest absolute Gasteiger partial charge is 0.119 e. The third-order valence-corrected chi connectivity index (χ3v) is 5.97. The molecule has 4 nitrogen and oxygen atoms in total. The molecule has 1 fully saturated rings. The van der Waals surface area contributed by atoms with Gasteiger partial charge in [0.05, 0.1) is 7.11 Å². The van der Waals surface area contributed by atoms with Crippen molar-refractivity contribution < 1.29 is 14.6 Å². The standard InChI is InChI=1S/C22H31NO3S/c1-25-21-7-4-5-18(15-21)9-10-19-6-2-3-8-22(19)26-17-20(24)16-23-11-13-27-14-12-23/h4-8,15,20,24H,2-3,9-14,16-17H2,1H3. The molecular weight excluding hydrogens is 358 g/mol. The second-order valence-corrected chi connectivity index (χ2v) is 8.33. The second-order valence-electron chi connectivity index (χ2n) is 7.10. The van der Waals surface area contributed by atoms with Crippen LogP contribution < -0.4 is 4.74 Å². The van der Waals surface area contributed by atoms with Crippen LogP contribution in [0.15, 0.2) is 47.7 Å². The monoisotopic (exact) mass is 389 g/mol. The topological polar surface area (TPSA) is 41.9 Å². The Morgan fingerprint density at radius 3 is 2.78 bits per heavy atom. The summed E-state index contributed by atoms with van der Waals surface area (Å²) in [5.41, 5.74) is 2.52.